The molecule has 2 heterocycles. The summed E-state index contributed by atoms with van der Waals surface area (Å²) < 4.78 is 17.8. The lowest BCUT2D eigenvalue weighted by Gasteiger charge is -2.17. The predicted octanol–water partition coefficient (Wildman–Crippen LogP) is 3.01. The van der Waals surface area contributed by atoms with E-state index in [4.69, 9.17) is 19.9 Å². The second-order valence-electron chi connectivity index (χ2n) is 6.52. The molecule has 0 saturated carbocycles. The Morgan fingerprint density at radius 1 is 1.18 bits per heavy atom. The Bertz CT molecular complexity index is 1060. The van der Waals surface area contributed by atoms with Crippen LogP contribution in [0.25, 0.3) is 10.9 Å². The van der Waals surface area contributed by atoms with Gasteiger partial charge < -0.3 is 24.5 Å². The van der Waals surface area contributed by atoms with E-state index in [-0.39, 0.29) is 6.79 Å². The summed E-state index contributed by atoms with van der Waals surface area (Å²) in [6.07, 6.45) is 2.36. The molecule has 144 valence electrons. The lowest BCUT2D eigenvalue weighted by molar-refractivity contribution is -0.120. The highest BCUT2D eigenvalue weighted by Crippen LogP contribution is 2.36. The molecule has 3 aromatic rings. The third-order valence-electron chi connectivity index (χ3n) is 4.66. The Hall–Kier alpha value is -3.48. The van der Waals surface area contributed by atoms with Gasteiger partial charge in [0, 0.05) is 17.1 Å². The second-order valence-corrected chi connectivity index (χ2v) is 6.52. The maximum atomic E-state index is 12.5. The van der Waals surface area contributed by atoms with E-state index in [0.717, 1.165) is 6.42 Å². The highest BCUT2D eigenvalue weighted by molar-refractivity contribution is 6.05. The van der Waals surface area contributed by atoms with Crippen LogP contribution in [0.2, 0.25) is 0 Å². The van der Waals surface area contributed by atoms with E-state index < -0.39 is 17.9 Å². The van der Waals surface area contributed by atoms with Crippen molar-refractivity contribution in [1.29, 1.82) is 0 Å². The van der Waals surface area contributed by atoms with E-state index in [2.05, 4.69) is 0 Å². The van der Waals surface area contributed by atoms with Crippen LogP contribution < -0.4 is 15.2 Å². The lowest BCUT2D eigenvalue weighted by atomic mass is 10.1. The number of rotatable bonds is 6. The van der Waals surface area contributed by atoms with Crippen molar-refractivity contribution in [3.8, 4) is 11.5 Å². The van der Waals surface area contributed by atoms with Crippen LogP contribution in [0, 0.1) is 0 Å². The van der Waals surface area contributed by atoms with Gasteiger partial charge in [0.1, 0.15) is 6.04 Å². The molecule has 1 amide bonds. The Kier molecular flexibility index (Phi) is 4.65. The molecule has 1 aromatic heterocycles. The summed E-state index contributed by atoms with van der Waals surface area (Å²) in [5.74, 6) is 0.203. The Morgan fingerprint density at radius 3 is 2.75 bits per heavy atom. The van der Waals surface area contributed by atoms with Gasteiger partial charge in [-0.2, -0.15) is 0 Å². The highest BCUT2D eigenvalue weighted by Gasteiger charge is 2.27. The normalized spacial score (nSPS) is 13.5. The minimum Gasteiger partial charge on any atom is -0.462 e. The molecule has 7 heteroatoms. The number of hydrogen-bond donors (Lipinski definition) is 1. The predicted molar refractivity (Wildman–Crippen MR) is 102 cm³/mol. The second kappa shape index (κ2) is 7.26. The zero-order valence-electron chi connectivity index (χ0n) is 15.4. The summed E-state index contributed by atoms with van der Waals surface area (Å²) >= 11 is 0. The maximum Gasteiger partial charge on any atom is 0.340 e. The lowest BCUT2D eigenvalue weighted by Crippen LogP contribution is -2.27. The quantitative estimate of drug-likeness (QED) is 0.664. The third-order valence-corrected chi connectivity index (χ3v) is 4.66. The number of esters is 1. The maximum absolute atomic E-state index is 12.5. The standard InChI is InChI=1S/C21H20N2O5/c1-2-9-26-21(25)15-11-23(16-6-4-3-5-14(15)16)19(20(22)24)13-7-8-17-18(10-13)28-12-27-17/h3-8,10-11,19H,2,9,12H2,1H3,(H2,22,24). The van der Waals surface area contributed by atoms with Crippen molar-refractivity contribution in [2.45, 2.75) is 19.4 Å². The van der Waals surface area contributed by atoms with E-state index in [1.54, 1.807) is 29.0 Å². The van der Waals surface area contributed by atoms with Crippen molar-refractivity contribution in [2.24, 2.45) is 5.73 Å². The number of nitrogens with two attached hydrogens (primary N) is 1. The largest absolute Gasteiger partial charge is 0.462 e. The Morgan fingerprint density at radius 2 is 1.96 bits per heavy atom. The van der Waals surface area contributed by atoms with Crippen molar-refractivity contribution in [3.63, 3.8) is 0 Å². The summed E-state index contributed by atoms with van der Waals surface area (Å²) in [5.41, 5.74) is 7.51. The zero-order valence-corrected chi connectivity index (χ0v) is 15.4. The van der Waals surface area contributed by atoms with Crippen molar-refractivity contribution >= 4 is 22.8 Å². The van der Waals surface area contributed by atoms with Gasteiger partial charge >= 0.3 is 5.97 Å². The molecule has 0 fully saturated rings. The number of carbonyl (C=O) groups is 2. The molecule has 2 aromatic carbocycles. The van der Waals surface area contributed by atoms with Crippen LogP contribution in [0.3, 0.4) is 0 Å². The first-order valence-electron chi connectivity index (χ1n) is 9.05. The zero-order chi connectivity index (χ0) is 19.7. The van der Waals surface area contributed by atoms with Crippen molar-refractivity contribution in [2.75, 3.05) is 13.4 Å². The molecule has 0 bridgehead atoms. The SMILES string of the molecule is CCCOC(=O)c1cn(C(C(N)=O)c2ccc3c(c2)OCO3)c2ccccc12. The van der Waals surface area contributed by atoms with Gasteiger partial charge in [-0.15, -0.1) is 0 Å². The van der Waals surface area contributed by atoms with E-state index in [0.29, 0.717) is 40.1 Å². The molecule has 0 radical (unpaired) electrons. The third kappa shape index (κ3) is 3.05. The van der Waals surface area contributed by atoms with E-state index in [1.165, 1.54) is 0 Å². The number of benzene rings is 2. The number of fused-ring (bicyclic) bond motifs is 2. The monoisotopic (exact) mass is 380 g/mol. The fourth-order valence-electron chi connectivity index (χ4n) is 3.40. The summed E-state index contributed by atoms with van der Waals surface area (Å²) in [7, 11) is 0. The van der Waals surface area contributed by atoms with Gasteiger partial charge in [-0.3, -0.25) is 4.79 Å². The van der Waals surface area contributed by atoms with Gasteiger partial charge in [-0.25, -0.2) is 4.79 Å². The summed E-state index contributed by atoms with van der Waals surface area (Å²) in [6.45, 7) is 2.40. The Balaban J connectivity index is 1.83. The molecule has 28 heavy (non-hydrogen) atoms. The minimum absolute atomic E-state index is 0.139. The molecule has 1 atom stereocenters. The fourth-order valence-corrected chi connectivity index (χ4v) is 3.40. The van der Waals surface area contributed by atoms with Crippen LogP contribution in [0.1, 0.15) is 35.3 Å². The van der Waals surface area contributed by atoms with E-state index in [1.807, 2.05) is 31.2 Å². The highest BCUT2D eigenvalue weighted by atomic mass is 16.7. The molecule has 1 aliphatic heterocycles. The van der Waals surface area contributed by atoms with Crippen LogP contribution in [-0.2, 0) is 9.53 Å². The number of aromatic nitrogens is 1. The van der Waals surface area contributed by atoms with Crippen molar-refractivity contribution in [1.82, 2.24) is 4.57 Å². The number of nitrogens with zero attached hydrogens (tertiary/aromatic N) is 1. The van der Waals surface area contributed by atoms with Gasteiger partial charge in [0.2, 0.25) is 12.7 Å². The smallest absolute Gasteiger partial charge is 0.340 e. The van der Waals surface area contributed by atoms with Crippen LogP contribution in [-0.4, -0.2) is 29.8 Å². The summed E-state index contributed by atoms with van der Waals surface area (Å²) in [5, 5.41) is 0.704. The molecule has 0 spiro atoms. The molecule has 1 unspecified atom stereocenters. The number of para-hydroxylation sites is 1. The minimum atomic E-state index is -0.813. The van der Waals surface area contributed by atoms with Gasteiger partial charge in [0.05, 0.1) is 12.2 Å². The van der Waals surface area contributed by atoms with E-state index >= 15 is 0 Å². The molecule has 2 N–H and O–H groups in total. The van der Waals surface area contributed by atoms with E-state index in [9.17, 15) is 9.59 Å². The fraction of sp³-hybridized carbons (Fsp3) is 0.238. The van der Waals surface area contributed by atoms with Gasteiger partial charge in [0.25, 0.3) is 0 Å². The molecule has 7 nitrogen and oxygen atoms in total. The molecule has 0 saturated heterocycles. The van der Waals surface area contributed by atoms with Crippen LogP contribution in [0.5, 0.6) is 11.5 Å². The average Bonchev–Trinajstić information content (AvgIpc) is 3.31. The number of hydrogen-bond acceptors (Lipinski definition) is 5. The first kappa shape index (κ1) is 17.9. The number of primary amides is 1. The first-order valence-corrected chi connectivity index (χ1v) is 9.05. The van der Waals surface area contributed by atoms with Crippen molar-refractivity contribution in [3.05, 3.63) is 59.8 Å². The van der Waals surface area contributed by atoms with Crippen molar-refractivity contribution < 1.29 is 23.8 Å². The molecular formula is C21H20N2O5. The van der Waals surface area contributed by atoms with Gasteiger partial charge in [-0.1, -0.05) is 31.2 Å². The van der Waals surface area contributed by atoms with Gasteiger partial charge in [0.15, 0.2) is 11.5 Å². The van der Waals surface area contributed by atoms with Crippen LogP contribution >= 0.6 is 0 Å². The number of ether oxygens (including phenoxy) is 3. The summed E-state index contributed by atoms with van der Waals surface area (Å²) in [6, 6.07) is 11.8. The first-order chi connectivity index (χ1) is 13.6. The average molecular weight is 380 g/mol. The van der Waals surface area contributed by atoms with Gasteiger partial charge in [-0.05, 0) is 30.2 Å². The van der Waals surface area contributed by atoms with Crippen LogP contribution in [0.15, 0.2) is 48.7 Å². The molecule has 4 rings (SSSR count). The summed E-state index contributed by atoms with van der Waals surface area (Å²) in [4.78, 5) is 24.9. The molecular weight excluding hydrogens is 360 g/mol. The molecule has 1 aliphatic rings. The Labute approximate surface area is 161 Å². The molecule has 0 aliphatic carbocycles. The number of carbonyl (C=O) groups excluding carboxylic acids is 2. The number of amides is 1. The van der Waals surface area contributed by atoms with Crippen LogP contribution in [0.4, 0.5) is 0 Å². The topological polar surface area (TPSA) is 92.8 Å².